The Morgan fingerprint density at radius 3 is 2.21 bits per heavy atom. The Balaban J connectivity index is 1.44. The summed E-state index contributed by atoms with van der Waals surface area (Å²) < 4.78 is 11.0. The van der Waals surface area contributed by atoms with Gasteiger partial charge in [-0.25, -0.2) is 0 Å². The van der Waals surface area contributed by atoms with E-state index in [1.165, 1.54) is 0 Å². The van der Waals surface area contributed by atoms with Crippen LogP contribution >= 0.6 is 0 Å². The van der Waals surface area contributed by atoms with Gasteiger partial charge in [0.1, 0.15) is 0 Å². The molecular formula is C23H28N4O2. The molecule has 0 radical (unpaired) electrons. The number of nitrogens with zero attached hydrogens (tertiary/aromatic N) is 4. The van der Waals surface area contributed by atoms with Crippen molar-refractivity contribution < 1.29 is 9.26 Å². The van der Waals surface area contributed by atoms with Crippen LogP contribution in [0.3, 0.4) is 0 Å². The maximum Gasteiger partial charge on any atom is 0.240 e. The molecule has 1 saturated heterocycles. The van der Waals surface area contributed by atoms with Crippen LogP contribution in [0, 0.1) is 0 Å². The standard InChI is InChI=1S/C23H28N4O2/c1-26(12-13-27-14-16-28-17-15-27)18-21-24-23(25-29-21)22(19-8-4-2-5-9-19)20-10-6-3-7-11-20/h2-11,22H,12-18H2,1H3. The lowest BCUT2D eigenvalue weighted by molar-refractivity contribution is 0.0338. The summed E-state index contributed by atoms with van der Waals surface area (Å²) in [6.07, 6.45) is 0. The highest BCUT2D eigenvalue weighted by Crippen LogP contribution is 2.29. The number of ether oxygens (including phenoxy) is 1. The molecule has 2 aromatic carbocycles. The van der Waals surface area contributed by atoms with Crippen LogP contribution in [0.4, 0.5) is 0 Å². The van der Waals surface area contributed by atoms with Crippen LogP contribution in [0.25, 0.3) is 0 Å². The highest BCUT2D eigenvalue weighted by atomic mass is 16.5. The van der Waals surface area contributed by atoms with E-state index in [2.05, 4.69) is 46.3 Å². The van der Waals surface area contributed by atoms with Crippen molar-refractivity contribution in [2.75, 3.05) is 46.4 Å². The molecule has 0 N–H and O–H groups in total. The predicted octanol–water partition coefficient (Wildman–Crippen LogP) is 3.01. The topological polar surface area (TPSA) is 54.6 Å². The van der Waals surface area contributed by atoms with Gasteiger partial charge in [0.2, 0.25) is 5.89 Å². The first-order valence-corrected chi connectivity index (χ1v) is 10.2. The second-order valence-corrected chi connectivity index (χ2v) is 7.49. The molecule has 0 amide bonds. The molecule has 2 heterocycles. The zero-order valence-electron chi connectivity index (χ0n) is 16.9. The Labute approximate surface area is 172 Å². The quantitative estimate of drug-likeness (QED) is 0.587. The van der Waals surface area contributed by atoms with E-state index in [9.17, 15) is 0 Å². The van der Waals surface area contributed by atoms with E-state index in [1.807, 2.05) is 36.4 Å². The van der Waals surface area contributed by atoms with Crippen molar-refractivity contribution in [2.24, 2.45) is 0 Å². The first kappa shape index (κ1) is 19.8. The molecule has 1 aromatic heterocycles. The van der Waals surface area contributed by atoms with Gasteiger partial charge in [-0.2, -0.15) is 4.98 Å². The lowest BCUT2D eigenvalue weighted by Crippen LogP contribution is -2.40. The van der Waals surface area contributed by atoms with E-state index in [0.29, 0.717) is 18.3 Å². The second kappa shape index (κ2) is 9.78. The van der Waals surface area contributed by atoms with E-state index in [0.717, 1.165) is 50.5 Å². The predicted molar refractivity (Wildman–Crippen MR) is 112 cm³/mol. The SMILES string of the molecule is CN(CCN1CCOCC1)Cc1nc(C(c2ccccc2)c2ccccc2)no1. The van der Waals surface area contributed by atoms with Crippen molar-refractivity contribution in [1.82, 2.24) is 19.9 Å². The molecule has 4 rings (SSSR count). The molecule has 0 saturated carbocycles. The van der Waals surface area contributed by atoms with Crippen molar-refractivity contribution in [2.45, 2.75) is 12.5 Å². The number of hydrogen-bond donors (Lipinski definition) is 0. The Morgan fingerprint density at radius 2 is 1.59 bits per heavy atom. The van der Waals surface area contributed by atoms with Crippen molar-refractivity contribution in [1.29, 1.82) is 0 Å². The number of rotatable bonds is 8. The molecule has 0 spiro atoms. The third kappa shape index (κ3) is 5.29. The summed E-state index contributed by atoms with van der Waals surface area (Å²) in [7, 11) is 2.09. The summed E-state index contributed by atoms with van der Waals surface area (Å²) in [4.78, 5) is 9.40. The molecule has 0 bridgehead atoms. The Bertz CT molecular complexity index is 823. The normalized spacial score (nSPS) is 15.3. The summed E-state index contributed by atoms with van der Waals surface area (Å²) >= 11 is 0. The molecule has 1 fully saturated rings. The van der Waals surface area contributed by atoms with Crippen LogP contribution in [0.5, 0.6) is 0 Å². The number of benzene rings is 2. The minimum atomic E-state index is -0.0337. The Kier molecular flexibility index (Phi) is 6.67. The van der Waals surface area contributed by atoms with Crippen LogP contribution in [-0.2, 0) is 11.3 Å². The monoisotopic (exact) mass is 392 g/mol. The van der Waals surface area contributed by atoms with Gasteiger partial charge in [-0.3, -0.25) is 9.80 Å². The van der Waals surface area contributed by atoms with Crippen LogP contribution in [0.2, 0.25) is 0 Å². The first-order chi connectivity index (χ1) is 14.3. The lowest BCUT2D eigenvalue weighted by Gasteiger charge is -2.28. The van der Waals surface area contributed by atoms with E-state index in [-0.39, 0.29) is 5.92 Å². The van der Waals surface area contributed by atoms with Gasteiger partial charge in [0, 0.05) is 26.2 Å². The zero-order valence-corrected chi connectivity index (χ0v) is 16.9. The molecular weight excluding hydrogens is 364 g/mol. The van der Waals surface area contributed by atoms with Crippen LogP contribution in [0.15, 0.2) is 65.2 Å². The highest BCUT2D eigenvalue weighted by molar-refractivity contribution is 5.37. The number of likely N-dealkylation sites (N-methyl/N-ethyl adjacent to an activating group) is 1. The summed E-state index contributed by atoms with van der Waals surface area (Å²) in [6.45, 7) is 6.31. The average Bonchev–Trinajstić information content (AvgIpc) is 3.22. The molecule has 3 aromatic rings. The second-order valence-electron chi connectivity index (χ2n) is 7.49. The zero-order chi connectivity index (χ0) is 19.9. The molecule has 0 atom stereocenters. The Hall–Kier alpha value is -2.54. The van der Waals surface area contributed by atoms with E-state index in [4.69, 9.17) is 14.2 Å². The highest BCUT2D eigenvalue weighted by Gasteiger charge is 2.22. The van der Waals surface area contributed by atoms with Gasteiger partial charge in [-0.1, -0.05) is 65.8 Å². The Morgan fingerprint density at radius 1 is 0.966 bits per heavy atom. The van der Waals surface area contributed by atoms with Gasteiger partial charge in [0.15, 0.2) is 5.82 Å². The fourth-order valence-corrected chi connectivity index (χ4v) is 3.68. The number of aromatic nitrogens is 2. The fourth-order valence-electron chi connectivity index (χ4n) is 3.68. The van der Waals surface area contributed by atoms with Crippen molar-refractivity contribution in [3.05, 3.63) is 83.5 Å². The van der Waals surface area contributed by atoms with E-state index >= 15 is 0 Å². The number of hydrogen-bond acceptors (Lipinski definition) is 6. The van der Waals surface area contributed by atoms with Crippen LogP contribution in [0.1, 0.15) is 28.8 Å². The maximum absolute atomic E-state index is 5.61. The van der Waals surface area contributed by atoms with Gasteiger partial charge in [0.25, 0.3) is 0 Å². The minimum Gasteiger partial charge on any atom is -0.379 e. The van der Waals surface area contributed by atoms with Crippen molar-refractivity contribution in [3.63, 3.8) is 0 Å². The van der Waals surface area contributed by atoms with Gasteiger partial charge < -0.3 is 9.26 Å². The molecule has 152 valence electrons. The average molecular weight is 393 g/mol. The largest absolute Gasteiger partial charge is 0.379 e. The van der Waals surface area contributed by atoms with Crippen LogP contribution in [-0.4, -0.2) is 66.4 Å². The van der Waals surface area contributed by atoms with Crippen molar-refractivity contribution in [3.8, 4) is 0 Å². The van der Waals surface area contributed by atoms with E-state index < -0.39 is 0 Å². The molecule has 1 aliphatic heterocycles. The van der Waals surface area contributed by atoms with Crippen molar-refractivity contribution >= 4 is 0 Å². The molecule has 1 aliphatic rings. The van der Waals surface area contributed by atoms with Gasteiger partial charge >= 0.3 is 0 Å². The van der Waals surface area contributed by atoms with Gasteiger partial charge in [0.05, 0.1) is 25.7 Å². The van der Waals surface area contributed by atoms with Gasteiger partial charge in [-0.15, -0.1) is 0 Å². The smallest absolute Gasteiger partial charge is 0.240 e. The number of morpholine rings is 1. The van der Waals surface area contributed by atoms with Crippen LogP contribution < -0.4 is 0 Å². The molecule has 0 aliphatic carbocycles. The van der Waals surface area contributed by atoms with E-state index in [1.54, 1.807) is 0 Å². The molecule has 29 heavy (non-hydrogen) atoms. The third-order valence-electron chi connectivity index (χ3n) is 5.31. The molecule has 6 nitrogen and oxygen atoms in total. The van der Waals surface area contributed by atoms with Gasteiger partial charge in [-0.05, 0) is 18.2 Å². The maximum atomic E-state index is 5.61. The summed E-state index contributed by atoms with van der Waals surface area (Å²) in [5.74, 6) is 1.33. The first-order valence-electron chi connectivity index (χ1n) is 10.2. The summed E-state index contributed by atoms with van der Waals surface area (Å²) in [5, 5.41) is 4.33. The summed E-state index contributed by atoms with van der Waals surface area (Å²) in [6, 6.07) is 20.7. The molecule has 0 unspecified atom stereocenters. The third-order valence-corrected chi connectivity index (χ3v) is 5.31. The fraction of sp³-hybridized carbons (Fsp3) is 0.391. The minimum absolute atomic E-state index is 0.0337. The molecule has 6 heteroatoms. The lowest BCUT2D eigenvalue weighted by atomic mass is 9.91. The summed E-state index contributed by atoms with van der Waals surface area (Å²) in [5.41, 5.74) is 2.32.